The van der Waals surface area contributed by atoms with Crippen LogP contribution in [0.25, 0.3) is 0 Å². The summed E-state index contributed by atoms with van der Waals surface area (Å²) >= 11 is 0. The van der Waals surface area contributed by atoms with Crippen molar-refractivity contribution in [3.05, 3.63) is 23.8 Å². The summed E-state index contributed by atoms with van der Waals surface area (Å²) in [4.78, 5) is 22.9. The van der Waals surface area contributed by atoms with Crippen LogP contribution in [0, 0.1) is 22.7 Å². The Labute approximate surface area is 164 Å². The van der Waals surface area contributed by atoms with Crippen molar-refractivity contribution in [3.63, 3.8) is 0 Å². The van der Waals surface area contributed by atoms with E-state index in [-0.39, 0.29) is 22.8 Å². The maximum Gasteiger partial charge on any atom is 0.330 e. The van der Waals surface area contributed by atoms with Gasteiger partial charge in [-0.05, 0) is 62.7 Å². The number of allylic oxidation sites excluding steroid dienone is 2. The van der Waals surface area contributed by atoms with Gasteiger partial charge in [0.15, 0.2) is 0 Å². The molecule has 152 valence electrons. The number of methoxy groups -OCH3 is 1. The molecule has 2 saturated carbocycles. The number of carbonyl (C=O) groups is 2. The highest BCUT2D eigenvalue weighted by molar-refractivity contribution is 5.82. The summed E-state index contributed by atoms with van der Waals surface area (Å²) in [6.07, 6.45) is 9.11. The van der Waals surface area contributed by atoms with Crippen molar-refractivity contribution >= 4 is 11.9 Å². The van der Waals surface area contributed by atoms with Crippen LogP contribution in [-0.2, 0) is 19.1 Å². The van der Waals surface area contributed by atoms with E-state index in [1.165, 1.54) is 26.0 Å². The van der Waals surface area contributed by atoms with E-state index in [0.717, 1.165) is 44.1 Å². The summed E-state index contributed by atoms with van der Waals surface area (Å²) < 4.78 is 10.2. The predicted molar refractivity (Wildman–Crippen MR) is 107 cm³/mol. The standard InChI is InChI=1S/C23H36O4/c1-16(14-21(25)26-6)8-10-19-17(2)9-11-20-22(4,15-27-18(3)24)12-7-13-23(19,20)5/h14,19-20H,2,7-13,15H2,1,3-6H3/b16-14+/t19-,20-,22-,23+/m1/s1. The minimum absolute atomic E-state index is 0.0362. The third-order valence-corrected chi connectivity index (χ3v) is 7.14. The maximum atomic E-state index is 11.5. The Kier molecular flexibility index (Phi) is 6.93. The van der Waals surface area contributed by atoms with Gasteiger partial charge in [0.2, 0.25) is 0 Å². The SMILES string of the molecule is C=C1CC[C@@H]2[C@@](C)(COC(C)=O)CCC[C@@]2(C)[C@@H]1CC/C(C)=C/C(=O)OC. The summed E-state index contributed by atoms with van der Waals surface area (Å²) in [5.41, 5.74) is 2.61. The fraction of sp³-hybridized carbons (Fsp3) is 0.739. The van der Waals surface area contributed by atoms with E-state index in [0.29, 0.717) is 18.4 Å². The van der Waals surface area contributed by atoms with Crippen LogP contribution >= 0.6 is 0 Å². The van der Waals surface area contributed by atoms with Crippen LogP contribution in [0.3, 0.4) is 0 Å². The second kappa shape index (κ2) is 8.62. The van der Waals surface area contributed by atoms with Crippen LogP contribution in [0.15, 0.2) is 23.8 Å². The number of esters is 2. The van der Waals surface area contributed by atoms with Crippen molar-refractivity contribution in [2.24, 2.45) is 22.7 Å². The lowest BCUT2D eigenvalue weighted by Gasteiger charge is -2.58. The van der Waals surface area contributed by atoms with Gasteiger partial charge in [0.05, 0.1) is 13.7 Å². The number of hydrogen-bond acceptors (Lipinski definition) is 4. The molecule has 2 aliphatic rings. The van der Waals surface area contributed by atoms with Gasteiger partial charge < -0.3 is 9.47 Å². The summed E-state index contributed by atoms with van der Waals surface area (Å²) in [6.45, 7) is 13.1. The van der Waals surface area contributed by atoms with E-state index < -0.39 is 0 Å². The molecule has 0 radical (unpaired) electrons. The zero-order chi connectivity index (χ0) is 20.2. The molecule has 0 aromatic rings. The van der Waals surface area contributed by atoms with E-state index in [1.54, 1.807) is 6.08 Å². The molecule has 0 aliphatic heterocycles. The van der Waals surface area contributed by atoms with E-state index in [1.807, 2.05) is 6.92 Å². The van der Waals surface area contributed by atoms with Crippen molar-refractivity contribution in [1.29, 1.82) is 0 Å². The average Bonchev–Trinajstić information content (AvgIpc) is 2.59. The first-order chi connectivity index (χ1) is 12.6. The van der Waals surface area contributed by atoms with Gasteiger partial charge in [-0.1, -0.05) is 38.0 Å². The molecule has 0 heterocycles. The first kappa shape index (κ1) is 21.7. The Balaban J connectivity index is 2.18. The summed E-state index contributed by atoms with van der Waals surface area (Å²) in [6, 6.07) is 0. The third kappa shape index (κ3) is 4.83. The molecule has 4 heteroatoms. The van der Waals surface area contributed by atoms with Gasteiger partial charge in [0.1, 0.15) is 0 Å². The first-order valence-corrected chi connectivity index (χ1v) is 10.2. The Morgan fingerprint density at radius 2 is 1.96 bits per heavy atom. The fourth-order valence-corrected chi connectivity index (χ4v) is 5.76. The number of ether oxygens (including phenoxy) is 2. The molecule has 2 rings (SSSR count). The molecule has 0 N–H and O–H groups in total. The van der Waals surface area contributed by atoms with Gasteiger partial charge in [-0.3, -0.25) is 4.79 Å². The molecule has 0 spiro atoms. The maximum absolute atomic E-state index is 11.5. The lowest BCUT2D eigenvalue weighted by atomic mass is 9.47. The fourth-order valence-electron chi connectivity index (χ4n) is 5.76. The Morgan fingerprint density at radius 1 is 1.26 bits per heavy atom. The molecule has 0 bridgehead atoms. The van der Waals surface area contributed by atoms with Crippen LogP contribution < -0.4 is 0 Å². The second-order valence-electron chi connectivity index (χ2n) is 9.15. The van der Waals surface area contributed by atoms with Crippen LogP contribution in [-0.4, -0.2) is 25.7 Å². The molecule has 0 amide bonds. The van der Waals surface area contributed by atoms with Crippen molar-refractivity contribution < 1.29 is 19.1 Å². The molecule has 27 heavy (non-hydrogen) atoms. The molecule has 0 unspecified atom stereocenters. The van der Waals surface area contributed by atoms with E-state index >= 15 is 0 Å². The minimum Gasteiger partial charge on any atom is -0.466 e. The van der Waals surface area contributed by atoms with Gasteiger partial charge in [0, 0.05) is 18.4 Å². The zero-order valence-electron chi connectivity index (χ0n) is 17.7. The van der Waals surface area contributed by atoms with Gasteiger partial charge in [-0.2, -0.15) is 0 Å². The van der Waals surface area contributed by atoms with E-state index in [2.05, 4.69) is 20.4 Å². The zero-order valence-corrected chi connectivity index (χ0v) is 17.7. The van der Waals surface area contributed by atoms with Crippen LogP contribution in [0.1, 0.15) is 72.6 Å². The monoisotopic (exact) mass is 376 g/mol. The molecule has 2 aliphatic carbocycles. The number of carbonyl (C=O) groups excluding carboxylic acids is 2. The first-order valence-electron chi connectivity index (χ1n) is 10.2. The summed E-state index contributed by atoms with van der Waals surface area (Å²) in [5.74, 6) is 0.488. The molecular formula is C23H36O4. The van der Waals surface area contributed by atoms with Crippen molar-refractivity contribution in [1.82, 2.24) is 0 Å². The molecule has 4 nitrogen and oxygen atoms in total. The second-order valence-corrected chi connectivity index (χ2v) is 9.15. The van der Waals surface area contributed by atoms with Gasteiger partial charge in [0.25, 0.3) is 0 Å². The van der Waals surface area contributed by atoms with E-state index in [9.17, 15) is 9.59 Å². The minimum atomic E-state index is -0.286. The number of hydrogen-bond donors (Lipinski definition) is 0. The Morgan fingerprint density at radius 3 is 2.59 bits per heavy atom. The average molecular weight is 377 g/mol. The van der Waals surface area contributed by atoms with Crippen LogP contribution in [0.2, 0.25) is 0 Å². The lowest BCUT2D eigenvalue weighted by molar-refractivity contribution is -0.152. The van der Waals surface area contributed by atoms with Crippen molar-refractivity contribution in [2.75, 3.05) is 13.7 Å². The predicted octanol–water partition coefficient (Wildman–Crippen LogP) is 5.23. The Bertz CT molecular complexity index is 620. The molecule has 2 fully saturated rings. The van der Waals surface area contributed by atoms with Gasteiger partial charge >= 0.3 is 11.9 Å². The van der Waals surface area contributed by atoms with Gasteiger partial charge in [-0.15, -0.1) is 0 Å². The summed E-state index contributed by atoms with van der Waals surface area (Å²) in [7, 11) is 1.41. The normalized spacial score (nSPS) is 34.0. The lowest BCUT2D eigenvalue weighted by Crippen LogP contribution is -2.52. The van der Waals surface area contributed by atoms with Crippen molar-refractivity contribution in [3.8, 4) is 0 Å². The smallest absolute Gasteiger partial charge is 0.330 e. The molecule has 0 aromatic heterocycles. The molecule has 4 atom stereocenters. The molecule has 0 aromatic carbocycles. The molecule has 0 saturated heterocycles. The van der Waals surface area contributed by atoms with Crippen molar-refractivity contribution in [2.45, 2.75) is 72.6 Å². The summed E-state index contributed by atoms with van der Waals surface area (Å²) in [5, 5.41) is 0. The van der Waals surface area contributed by atoms with Crippen LogP contribution in [0.4, 0.5) is 0 Å². The number of fused-ring (bicyclic) bond motifs is 1. The quantitative estimate of drug-likeness (QED) is 0.362. The highest BCUT2D eigenvalue weighted by atomic mass is 16.5. The number of rotatable bonds is 6. The largest absolute Gasteiger partial charge is 0.466 e. The third-order valence-electron chi connectivity index (χ3n) is 7.14. The Hall–Kier alpha value is -1.58. The molecular weight excluding hydrogens is 340 g/mol. The van der Waals surface area contributed by atoms with Gasteiger partial charge in [-0.25, -0.2) is 4.79 Å². The highest BCUT2D eigenvalue weighted by Crippen LogP contribution is 2.62. The van der Waals surface area contributed by atoms with E-state index in [4.69, 9.17) is 9.47 Å². The topological polar surface area (TPSA) is 52.6 Å². The van der Waals surface area contributed by atoms with Crippen LogP contribution in [0.5, 0.6) is 0 Å². The highest BCUT2D eigenvalue weighted by Gasteiger charge is 2.54.